The predicted octanol–water partition coefficient (Wildman–Crippen LogP) is 2.91. The summed E-state index contributed by atoms with van der Waals surface area (Å²) in [6.45, 7) is 1.71. The predicted molar refractivity (Wildman–Crippen MR) is 94.9 cm³/mol. The fraction of sp³-hybridized carbons (Fsp3) is 0.0588. The number of aromatic amines is 1. The second kappa shape index (κ2) is 6.96. The van der Waals surface area contributed by atoms with Crippen LogP contribution in [0.4, 0.5) is 15.8 Å². The van der Waals surface area contributed by atoms with E-state index in [2.05, 4.69) is 20.2 Å². The topological polar surface area (TPSA) is 104 Å². The van der Waals surface area contributed by atoms with Crippen LogP contribution in [-0.2, 0) is 10.0 Å². The third kappa shape index (κ3) is 3.72. The van der Waals surface area contributed by atoms with Gasteiger partial charge in [0, 0.05) is 5.69 Å². The zero-order chi connectivity index (χ0) is 18.7. The molecule has 134 valence electrons. The molecule has 2 aromatic carbocycles. The van der Waals surface area contributed by atoms with E-state index in [-0.39, 0.29) is 11.3 Å². The van der Waals surface area contributed by atoms with Crippen LogP contribution in [0.3, 0.4) is 0 Å². The number of aryl methyl sites for hydroxylation is 1. The summed E-state index contributed by atoms with van der Waals surface area (Å²) in [7, 11) is -4.08. The third-order valence-electron chi connectivity index (χ3n) is 3.52. The fourth-order valence-electron chi connectivity index (χ4n) is 2.26. The van der Waals surface area contributed by atoms with Crippen molar-refractivity contribution in [1.29, 1.82) is 0 Å². The number of para-hydroxylation sites is 1. The first-order valence-corrected chi connectivity index (χ1v) is 9.04. The van der Waals surface area contributed by atoms with Gasteiger partial charge in [-0.15, -0.1) is 0 Å². The number of rotatable bonds is 5. The molecule has 1 amide bonds. The Bertz CT molecular complexity index is 1050. The summed E-state index contributed by atoms with van der Waals surface area (Å²) in [6.07, 6.45) is 1.07. The maximum absolute atomic E-state index is 13.9. The van der Waals surface area contributed by atoms with Crippen molar-refractivity contribution >= 4 is 27.3 Å². The first kappa shape index (κ1) is 17.6. The summed E-state index contributed by atoms with van der Waals surface area (Å²) in [5.41, 5.74) is 0.742. The lowest BCUT2D eigenvalue weighted by molar-refractivity contribution is 0.102. The second-order valence-electron chi connectivity index (χ2n) is 5.52. The van der Waals surface area contributed by atoms with Crippen LogP contribution < -0.4 is 10.0 Å². The molecule has 0 aliphatic carbocycles. The Kier molecular flexibility index (Phi) is 4.72. The first-order valence-electron chi connectivity index (χ1n) is 7.55. The molecule has 0 aliphatic rings. The summed E-state index contributed by atoms with van der Waals surface area (Å²) < 4.78 is 41.3. The molecule has 0 saturated carbocycles. The van der Waals surface area contributed by atoms with Gasteiger partial charge in [-0.2, -0.15) is 13.5 Å². The van der Waals surface area contributed by atoms with Crippen molar-refractivity contribution in [2.75, 3.05) is 10.0 Å². The van der Waals surface area contributed by atoms with Gasteiger partial charge in [-0.05, 0) is 36.8 Å². The van der Waals surface area contributed by atoms with Gasteiger partial charge in [0.25, 0.3) is 15.9 Å². The van der Waals surface area contributed by atoms with Gasteiger partial charge in [-0.25, -0.2) is 4.39 Å². The Morgan fingerprint density at radius 3 is 2.58 bits per heavy atom. The normalized spacial score (nSPS) is 11.2. The molecule has 3 N–H and O–H groups in total. The summed E-state index contributed by atoms with van der Waals surface area (Å²) in [5, 5.41) is 7.87. The number of benzene rings is 2. The van der Waals surface area contributed by atoms with Crippen LogP contribution in [0.2, 0.25) is 0 Å². The quantitative estimate of drug-likeness (QED) is 0.639. The van der Waals surface area contributed by atoms with E-state index < -0.39 is 26.8 Å². The second-order valence-corrected chi connectivity index (χ2v) is 7.14. The molecular formula is C17H15FN4O3S. The van der Waals surface area contributed by atoms with Crippen LogP contribution in [0.15, 0.2) is 59.8 Å². The molecule has 3 aromatic rings. The van der Waals surface area contributed by atoms with Crippen molar-refractivity contribution in [3.63, 3.8) is 0 Å². The minimum Gasteiger partial charge on any atom is -0.319 e. The number of H-pyrrole nitrogens is 1. The molecule has 0 radical (unpaired) electrons. The Morgan fingerprint density at radius 2 is 1.88 bits per heavy atom. The Balaban J connectivity index is 1.86. The zero-order valence-electron chi connectivity index (χ0n) is 13.7. The molecule has 3 rings (SSSR count). The summed E-state index contributed by atoms with van der Waals surface area (Å²) in [5.74, 6) is -1.41. The van der Waals surface area contributed by atoms with Gasteiger partial charge in [0.15, 0.2) is 5.03 Å². The van der Waals surface area contributed by atoms with Crippen molar-refractivity contribution in [2.24, 2.45) is 0 Å². The van der Waals surface area contributed by atoms with Crippen LogP contribution in [0.25, 0.3) is 0 Å². The number of nitrogens with zero attached hydrogens (tertiary/aromatic N) is 1. The maximum Gasteiger partial charge on any atom is 0.279 e. The SMILES string of the molecule is Cc1ccc(NC(=O)c2cn[nH]c2S(=O)(=O)Nc2ccccc2)c(F)c1. The molecule has 1 aromatic heterocycles. The molecule has 7 nitrogen and oxygen atoms in total. The smallest absolute Gasteiger partial charge is 0.279 e. The van der Waals surface area contributed by atoms with Crippen LogP contribution in [-0.4, -0.2) is 24.5 Å². The Labute approximate surface area is 149 Å². The van der Waals surface area contributed by atoms with E-state index in [1.807, 2.05) is 0 Å². The maximum atomic E-state index is 13.9. The van der Waals surface area contributed by atoms with E-state index in [1.165, 1.54) is 12.1 Å². The van der Waals surface area contributed by atoms with Crippen LogP contribution >= 0.6 is 0 Å². The van der Waals surface area contributed by atoms with Gasteiger partial charge in [0.1, 0.15) is 5.82 Å². The highest BCUT2D eigenvalue weighted by Crippen LogP contribution is 2.20. The number of halogens is 1. The highest BCUT2D eigenvalue weighted by atomic mass is 32.2. The third-order valence-corrected chi connectivity index (χ3v) is 4.87. The van der Waals surface area contributed by atoms with E-state index in [1.54, 1.807) is 43.3 Å². The monoisotopic (exact) mass is 374 g/mol. The summed E-state index contributed by atoms with van der Waals surface area (Å²) in [6, 6.07) is 12.5. The molecule has 9 heteroatoms. The van der Waals surface area contributed by atoms with E-state index in [4.69, 9.17) is 0 Å². The number of aromatic nitrogens is 2. The molecular weight excluding hydrogens is 359 g/mol. The standard InChI is InChI=1S/C17H15FN4O3S/c1-11-7-8-15(14(18)9-11)20-16(23)13-10-19-21-17(13)26(24,25)22-12-5-3-2-4-6-12/h2-10,22H,1H3,(H,19,21)(H,20,23). The molecule has 0 aliphatic heterocycles. The summed E-state index contributed by atoms with van der Waals surface area (Å²) in [4.78, 5) is 12.4. The van der Waals surface area contributed by atoms with Gasteiger partial charge in [0.05, 0.1) is 17.4 Å². The van der Waals surface area contributed by atoms with Gasteiger partial charge in [0.2, 0.25) is 0 Å². The van der Waals surface area contributed by atoms with Gasteiger partial charge >= 0.3 is 0 Å². The number of hydrogen-bond acceptors (Lipinski definition) is 4. The number of hydrogen-bond donors (Lipinski definition) is 3. The van der Waals surface area contributed by atoms with E-state index in [9.17, 15) is 17.6 Å². The number of anilines is 2. The number of carbonyl (C=O) groups is 1. The van der Waals surface area contributed by atoms with Crippen molar-refractivity contribution in [2.45, 2.75) is 11.9 Å². The lowest BCUT2D eigenvalue weighted by Crippen LogP contribution is -2.20. The van der Waals surface area contributed by atoms with Crippen molar-refractivity contribution < 1.29 is 17.6 Å². The van der Waals surface area contributed by atoms with E-state index in [0.29, 0.717) is 11.3 Å². The molecule has 26 heavy (non-hydrogen) atoms. The van der Waals surface area contributed by atoms with Crippen molar-refractivity contribution in [3.8, 4) is 0 Å². The van der Waals surface area contributed by atoms with Crippen LogP contribution in [0.5, 0.6) is 0 Å². The van der Waals surface area contributed by atoms with Gasteiger partial charge in [-0.3, -0.25) is 14.6 Å². The number of sulfonamides is 1. The minimum absolute atomic E-state index is 0.0545. The molecule has 0 spiro atoms. The fourth-order valence-corrected chi connectivity index (χ4v) is 3.42. The Hall–Kier alpha value is -3.20. The molecule has 0 saturated heterocycles. The van der Waals surface area contributed by atoms with Gasteiger partial charge in [-0.1, -0.05) is 24.3 Å². The largest absolute Gasteiger partial charge is 0.319 e. The molecule has 0 fully saturated rings. The van der Waals surface area contributed by atoms with Gasteiger partial charge < -0.3 is 5.32 Å². The minimum atomic E-state index is -4.08. The van der Waals surface area contributed by atoms with Crippen LogP contribution in [0, 0.1) is 12.7 Å². The molecule has 0 atom stereocenters. The average Bonchev–Trinajstić information content (AvgIpc) is 3.09. The highest BCUT2D eigenvalue weighted by Gasteiger charge is 2.25. The molecule has 0 unspecified atom stereocenters. The number of carbonyl (C=O) groups excluding carboxylic acids is 1. The summed E-state index contributed by atoms with van der Waals surface area (Å²) >= 11 is 0. The van der Waals surface area contributed by atoms with E-state index >= 15 is 0 Å². The average molecular weight is 374 g/mol. The molecule has 0 bridgehead atoms. The van der Waals surface area contributed by atoms with Crippen LogP contribution in [0.1, 0.15) is 15.9 Å². The number of amides is 1. The first-order chi connectivity index (χ1) is 12.4. The Morgan fingerprint density at radius 1 is 1.15 bits per heavy atom. The lowest BCUT2D eigenvalue weighted by atomic mass is 10.2. The van der Waals surface area contributed by atoms with E-state index in [0.717, 1.165) is 6.20 Å². The lowest BCUT2D eigenvalue weighted by Gasteiger charge is -2.09. The zero-order valence-corrected chi connectivity index (χ0v) is 14.5. The highest BCUT2D eigenvalue weighted by molar-refractivity contribution is 7.92. The van der Waals surface area contributed by atoms with Crippen molar-refractivity contribution in [1.82, 2.24) is 10.2 Å². The number of nitrogens with one attached hydrogen (secondary N) is 3. The molecule has 1 heterocycles. The van der Waals surface area contributed by atoms with Crippen molar-refractivity contribution in [3.05, 3.63) is 71.7 Å².